The highest BCUT2D eigenvalue weighted by molar-refractivity contribution is 4.94. The number of methoxy groups -OCH3 is 1. The Bertz CT molecular complexity index is 230. The first-order valence-electron chi connectivity index (χ1n) is 7.11. The van der Waals surface area contributed by atoms with E-state index in [1.807, 2.05) is 0 Å². The number of unbranched alkanes of at least 4 members (excludes halogenated alkanes) is 1. The molecule has 1 saturated carbocycles. The van der Waals surface area contributed by atoms with Crippen molar-refractivity contribution in [2.75, 3.05) is 26.9 Å². The first kappa shape index (κ1) is 13.3. The van der Waals surface area contributed by atoms with Crippen LogP contribution < -0.4 is 5.32 Å². The van der Waals surface area contributed by atoms with E-state index in [0.717, 1.165) is 25.8 Å². The van der Waals surface area contributed by atoms with Crippen LogP contribution in [-0.4, -0.2) is 39.0 Å². The molecule has 0 bridgehead atoms. The summed E-state index contributed by atoms with van der Waals surface area (Å²) in [5.41, 5.74) is 0.385. The highest BCUT2D eigenvalue weighted by atomic mass is 16.5. The smallest absolute Gasteiger partial charge is 0.0616 e. The Morgan fingerprint density at radius 2 is 2.18 bits per heavy atom. The summed E-state index contributed by atoms with van der Waals surface area (Å²) in [5, 5.41) is 3.70. The fraction of sp³-hybridized carbons (Fsp3) is 1.00. The molecule has 1 heterocycles. The van der Waals surface area contributed by atoms with Crippen molar-refractivity contribution in [1.29, 1.82) is 0 Å². The second kappa shape index (κ2) is 6.17. The van der Waals surface area contributed by atoms with Crippen LogP contribution in [0.1, 0.15) is 45.4 Å². The summed E-state index contributed by atoms with van der Waals surface area (Å²) in [4.78, 5) is 0. The molecule has 2 rings (SSSR count). The zero-order valence-corrected chi connectivity index (χ0v) is 11.3. The molecule has 0 aromatic rings. The van der Waals surface area contributed by atoms with Gasteiger partial charge >= 0.3 is 0 Å². The highest BCUT2D eigenvalue weighted by Gasteiger charge is 2.41. The Morgan fingerprint density at radius 3 is 2.76 bits per heavy atom. The van der Waals surface area contributed by atoms with Crippen molar-refractivity contribution in [2.24, 2.45) is 5.41 Å². The highest BCUT2D eigenvalue weighted by Crippen LogP contribution is 2.39. The monoisotopic (exact) mass is 241 g/mol. The molecule has 2 aliphatic rings. The van der Waals surface area contributed by atoms with Crippen LogP contribution in [-0.2, 0) is 9.47 Å². The van der Waals surface area contributed by atoms with Gasteiger partial charge in [0.05, 0.1) is 6.10 Å². The lowest BCUT2D eigenvalue weighted by atomic mass is 9.77. The van der Waals surface area contributed by atoms with Gasteiger partial charge in [0, 0.05) is 38.3 Å². The van der Waals surface area contributed by atoms with E-state index in [1.165, 1.54) is 38.5 Å². The Kier molecular flexibility index (Phi) is 4.83. The van der Waals surface area contributed by atoms with Crippen molar-refractivity contribution < 1.29 is 9.47 Å². The first-order valence-corrected chi connectivity index (χ1v) is 7.11. The third-order valence-electron chi connectivity index (χ3n) is 4.42. The fourth-order valence-electron chi connectivity index (χ4n) is 2.83. The van der Waals surface area contributed by atoms with Gasteiger partial charge in [-0.05, 0) is 39.0 Å². The number of rotatable bonds is 8. The minimum Gasteiger partial charge on any atom is -0.385 e. The van der Waals surface area contributed by atoms with Gasteiger partial charge in [0.25, 0.3) is 0 Å². The third-order valence-corrected chi connectivity index (χ3v) is 4.42. The zero-order chi connectivity index (χ0) is 12.1. The molecule has 0 aromatic carbocycles. The maximum atomic E-state index is 5.81. The fourth-order valence-corrected chi connectivity index (χ4v) is 2.83. The summed E-state index contributed by atoms with van der Waals surface area (Å²) in [6.45, 7) is 5.23. The van der Waals surface area contributed by atoms with Crippen molar-refractivity contribution in [1.82, 2.24) is 5.32 Å². The molecule has 3 nitrogen and oxygen atoms in total. The van der Waals surface area contributed by atoms with Gasteiger partial charge in [0.2, 0.25) is 0 Å². The van der Waals surface area contributed by atoms with E-state index in [4.69, 9.17) is 9.47 Å². The molecule has 1 saturated heterocycles. The molecule has 100 valence electrons. The Labute approximate surface area is 105 Å². The minimum atomic E-state index is 0.385. The van der Waals surface area contributed by atoms with Crippen molar-refractivity contribution in [3.8, 4) is 0 Å². The third kappa shape index (κ3) is 3.67. The summed E-state index contributed by atoms with van der Waals surface area (Å²) < 4.78 is 10.9. The summed E-state index contributed by atoms with van der Waals surface area (Å²) in [6, 6.07) is 0.804. The number of nitrogens with one attached hydrogen (secondary N) is 1. The molecule has 2 unspecified atom stereocenters. The molecule has 1 N–H and O–H groups in total. The van der Waals surface area contributed by atoms with Crippen LogP contribution in [0.2, 0.25) is 0 Å². The Morgan fingerprint density at radius 1 is 1.35 bits per heavy atom. The quantitative estimate of drug-likeness (QED) is 0.662. The van der Waals surface area contributed by atoms with Crippen LogP contribution in [0.3, 0.4) is 0 Å². The standard InChI is InChI=1S/C14H27NO2/c1-12-14(8-10-17-12,7-3-4-9-16-2)11-15-13-5-6-13/h12-13,15H,3-11H2,1-2H3. The topological polar surface area (TPSA) is 30.5 Å². The van der Waals surface area contributed by atoms with Crippen LogP contribution in [0.4, 0.5) is 0 Å². The van der Waals surface area contributed by atoms with E-state index < -0.39 is 0 Å². The van der Waals surface area contributed by atoms with Crippen molar-refractivity contribution >= 4 is 0 Å². The predicted molar refractivity (Wildman–Crippen MR) is 69.2 cm³/mol. The van der Waals surface area contributed by atoms with E-state index in [-0.39, 0.29) is 0 Å². The molecule has 1 aliphatic carbocycles. The summed E-state index contributed by atoms with van der Waals surface area (Å²) in [6.07, 6.45) is 8.08. The molecule has 2 fully saturated rings. The van der Waals surface area contributed by atoms with Crippen LogP contribution in [0.5, 0.6) is 0 Å². The van der Waals surface area contributed by atoms with Gasteiger partial charge in [0.15, 0.2) is 0 Å². The normalized spacial score (nSPS) is 33.2. The van der Waals surface area contributed by atoms with Crippen molar-refractivity contribution in [2.45, 2.75) is 57.6 Å². The van der Waals surface area contributed by atoms with Gasteiger partial charge in [-0.3, -0.25) is 0 Å². The predicted octanol–water partition coefficient (Wildman–Crippen LogP) is 2.35. The van der Waals surface area contributed by atoms with Gasteiger partial charge in [-0.15, -0.1) is 0 Å². The maximum absolute atomic E-state index is 5.81. The van der Waals surface area contributed by atoms with Crippen LogP contribution in [0, 0.1) is 5.41 Å². The van der Waals surface area contributed by atoms with E-state index in [9.17, 15) is 0 Å². The second-order valence-electron chi connectivity index (χ2n) is 5.73. The van der Waals surface area contributed by atoms with E-state index in [2.05, 4.69) is 12.2 Å². The molecule has 1 aliphatic heterocycles. The average molecular weight is 241 g/mol. The van der Waals surface area contributed by atoms with Crippen molar-refractivity contribution in [3.05, 3.63) is 0 Å². The number of hydrogen-bond donors (Lipinski definition) is 1. The molecule has 0 radical (unpaired) electrons. The maximum Gasteiger partial charge on any atom is 0.0616 e. The molecule has 17 heavy (non-hydrogen) atoms. The number of hydrogen-bond acceptors (Lipinski definition) is 3. The van der Waals surface area contributed by atoms with E-state index in [1.54, 1.807) is 7.11 Å². The van der Waals surface area contributed by atoms with Crippen LogP contribution in [0.15, 0.2) is 0 Å². The van der Waals surface area contributed by atoms with Crippen molar-refractivity contribution in [3.63, 3.8) is 0 Å². The van der Waals surface area contributed by atoms with E-state index in [0.29, 0.717) is 11.5 Å². The largest absolute Gasteiger partial charge is 0.385 e. The molecule has 0 amide bonds. The lowest BCUT2D eigenvalue weighted by Crippen LogP contribution is -2.40. The summed E-state index contributed by atoms with van der Waals surface area (Å²) in [7, 11) is 1.78. The van der Waals surface area contributed by atoms with Gasteiger partial charge in [-0.1, -0.05) is 6.42 Å². The number of ether oxygens (including phenoxy) is 2. The first-order chi connectivity index (χ1) is 8.27. The Hall–Kier alpha value is -0.120. The molecular formula is C14H27NO2. The van der Waals surface area contributed by atoms with Gasteiger partial charge in [-0.25, -0.2) is 0 Å². The second-order valence-corrected chi connectivity index (χ2v) is 5.73. The van der Waals surface area contributed by atoms with E-state index >= 15 is 0 Å². The molecule has 0 spiro atoms. The lowest BCUT2D eigenvalue weighted by Gasteiger charge is -2.33. The van der Waals surface area contributed by atoms with Crippen LogP contribution >= 0.6 is 0 Å². The SMILES string of the molecule is COCCCCC1(CNC2CC2)CCOC1C. The van der Waals surface area contributed by atoms with Gasteiger partial charge < -0.3 is 14.8 Å². The Balaban J connectivity index is 1.78. The molecule has 2 atom stereocenters. The van der Waals surface area contributed by atoms with Gasteiger partial charge in [0.1, 0.15) is 0 Å². The average Bonchev–Trinajstić information content (AvgIpc) is 3.09. The lowest BCUT2D eigenvalue weighted by molar-refractivity contribution is 0.0555. The van der Waals surface area contributed by atoms with Gasteiger partial charge in [-0.2, -0.15) is 0 Å². The zero-order valence-electron chi connectivity index (χ0n) is 11.3. The molecule has 0 aromatic heterocycles. The molecule has 3 heteroatoms. The molecular weight excluding hydrogens is 214 g/mol. The minimum absolute atomic E-state index is 0.385. The summed E-state index contributed by atoms with van der Waals surface area (Å²) in [5.74, 6) is 0. The van der Waals surface area contributed by atoms with Crippen LogP contribution in [0.25, 0.3) is 0 Å². The summed E-state index contributed by atoms with van der Waals surface area (Å²) >= 11 is 0.